The van der Waals surface area contributed by atoms with Gasteiger partial charge in [0.2, 0.25) is 0 Å². The lowest BCUT2D eigenvalue weighted by molar-refractivity contribution is 0.108. The van der Waals surface area contributed by atoms with E-state index in [-0.39, 0.29) is 0 Å². The number of hydrogen-bond acceptors (Lipinski definition) is 2. The summed E-state index contributed by atoms with van der Waals surface area (Å²) in [5.74, 6) is 0.909. The normalized spacial score (nSPS) is 38.8. The van der Waals surface area contributed by atoms with Crippen molar-refractivity contribution in [3.05, 3.63) is 18.2 Å². The van der Waals surface area contributed by atoms with Crippen LogP contribution in [0.15, 0.2) is 12.5 Å². The largest absolute Gasteiger partial charge is 0.347 e. The minimum Gasteiger partial charge on any atom is -0.347 e. The molecule has 0 radical (unpaired) electrons. The van der Waals surface area contributed by atoms with E-state index in [1.54, 1.807) is 6.33 Å². The predicted octanol–water partition coefficient (Wildman–Crippen LogP) is 2.71. The SMILES string of the molecule is CC1(C)C(NCc2cnc[nH]2)[C@]2(C)CC[C@H]1C2. The number of aromatic nitrogens is 2. The Morgan fingerprint density at radius 1 is 1.47 bits per heavy atom. The first kappa shape index (κ1) is 11.3. The summed E-state index contributed by atoms with van der Waals surface area (Å²) in [5, 5.41) is 3.77. The van der Waals surface area contributed by atoms with Crippen LogP contribution in [0.5, 0.6) is 0 Å². The van der Waals surface area contributed by atoms with E-state index < -0.39 is 0 Å². The molecule has 3 heteroatoms. The van der Waals surface area contributed by atoms with Crippen molar-refractivity contribution in [2.75, 3.05) is 0 Å². The van der Waals surface area contributed by atoms with Crippen LogP contribution in [-0.4, -0.2) is 16.0 Å². The number of aromatic amines is 1. The third kappa shape index (κ3) is 1.63. The van der Waals surface area contributed by atoms with Crippen molar-refractivity contribution in [2.45, 2.75) is 52.6 Å². The van der Waals surface area contributed by atoms with Gasteiger partial charge in [-0.25, -0.2) is 4.98 Å². The number of imidazole rings is 1. The zero-order valence-electron chi connectivity index (χ0n) is 11.1. The van der Waals surface area contributed by atoms with Crippen molar-refractivity contribution in [2.24, 2.45) is 16.7 Å². The number of H-pyrrole nitrogens is 1. The van der Waals surface area contributed by atoms with E-state index in [2.05, 4.69) is 36.1 Å². The molecule has 2 aliphatic rings. The zero-order chi connectivity index (χ0) is 12.1. The van der Waals surface area contributed by atoms with Gasteiger partial charge < -0.3 is 10.3 Å². The fraction of sp³-hybridized carbons (Fsp3) is 0.786. The van der Waals surface area contributed by atoms with E-state index in [0.717, 1.165) is 12.5 Å². The van der Waals surface area contributed by atoms with Crippen LogP contribution in [-0.2, 0) is 6.54 Å². The lowest BCUT2D eigenvalue weighted by Crippen LogP contribution is -2.49. The zero-order valence-corrected chi connectivity index (χ0v) is 11.1. The molecule has 2 fully saturated rings. The molecule has 17 heavy (non-hydrogen) atoms. The Morgan fingerprint density at radius 2 is 2.29 bits per heavy atom. The summed E-state index contributed by atoms with van der Waals surface area (Å²) in [7, 11) is 0. The minimum atomic E-state index is 0.438. The molecule has 0 saturated heterocycles. The van der Waals surface area contributed by atoms with E-state index in [1.807, 2.05) is 6.20 Å². The monoisotopic (exact) mass is 233 g/mol. The predicted molar refractivity (Wildman–Crippen MR) is 68.4 cm³/mol. The number of nitrogens with one attached hydrogen (secondary N) is 2. The number of fused-ring (bicyclic) bond motifs is 2. The summed E-state index contributed by atoms with van der Waals surface area (Å²) >= 11 is 0. The van der Waals surface area contributed by atoms with E-state index in [9.17, 15) is 0 Å². The molecule has 0 aromatic carbocycles. The van der Waals surface area contributed by atoms with Gasteiger partial charge in [-0.1, -0.05) is 20.8 Å². The van der Waals surface area contributed by atoms with Gasteiger partial charge in [0.15, 0.2) is 0 Å². The number of hydrogen-bond donors (Lipinski definition) is 2. The van der Waals surface area contributed by atoms with Crippen molar-refractivity contribution in [3.63, 3.8) is 0 Å². The smallest absolute Gasteiger partial charge is 0.0922 e. The standard InChI is InChI=1S/C14H23N3/c1-13(2)10-4-5-14(3,6-10)12(13)16-8-11-7-15-9-17-11/h7,9-10,12,16H,4-6,8H2,1-3H3,(H,15,17)/t10-,12?,14+/m0/s1. The molecule has 3 rings (SSSR count). The molecule has 2 N–H and O–H groups in total. The fourth-order valence-electron chi connectivity index (χ4n) is 4.40. The Morgan fingerprint density at radius 3 is 2.88 bits per heavy atom. The van der Waals surface area contributed by atoms with Crippen LogP contribution in [0.3, 0.4) is 0 Å². The fourth-order valence-corrected chi connectivity index (χ4v) is 4.40. The first-order valence-electron chi connectivity index (χ1n) is 6.73. The van der Waals surface area contributed by atoms with Gasteiger partial charge in [0, 0.05) is 24.5 Å². The maximum absolute atomic E-state index is 4.07. The van der Waals surface area contributed by atoms with Gasteiger partial charge in [0.1, 0.15) is 0 Å². The highest BCUT2D eigenvalue weighted by molar-refractivity contribution is 5.12. The van der Waals surface area contributed by atoms with Gasteiger partial charge in [-0.15, -0.1) is 0 Å². The molecule has 2 aliphatic carbocycles. The minimum absolute atomic E-state index is 0.438. The summed E-state index contributed by atoms with van der Waals surface area (Å²) in [4.78, 5) is 7.24. The lowest BCUT2D eigenvalue weighted by Gasteiger charge is -2.43. The lowest BCUT2D eigenvalue weighted by atomic mass is 9.68. The molecule has 1 unspecified atom stereocenters. The molecule has 0 amide bonds. The summed E-state index contributed by atoms with van der Waals surface area (Å²) in [6.07, 6.45) is 7.88. The first-order valence-corrected chi connectivity index (χ1v) is 6.73. The second kappa shape index (κ2) is 3.58. The molecule has 0 spiro atoms. The maximum atomic E-state index is 4.07. The molecular weight excluding hydrogens is 210 g/mol. The molecule has 1 aromatic rings. The quantitative estimate of drug-likeness (QED) is 0.842. The summed E-state index contributed by atoms with van der Waals surface area (Å²) in [6, 6.07) is 0.636. The van der Waals surface area contributed by atoms with Crippen LogP contribution in [0.25, 0.3) is 0 Å². The molecule has 3 nitrogen and oxygen atoms in total. The molecule has 3 atom stereocenters. The highest BCUT2D eigenvalue weighted by atomic mass is 15.0. The van der Waals surface area contributed by atoms with Crippen molar-refractivity contribution in [1.29, 1.82) is 0 Å². The molecule has 1 heterocycles. The van der Waals surface area contributed by atoms with Gasteiger partial charge >= 0.3 is 0 Å². The first-order chi connectivity index (χ1) is 8.02. The van der Waals surface area contributed by atoms with Crippen LogP contribution in [0.2, 0.25) is 0 Å². The van der Waals surface area contributed by atoms with Crippen LogP contribution >= 0.6 is 0 Å². The van der Waals surface area contributed by atoms with Gasteiger partial charge in [-0.05, 0) is 36.0 Å². The topological polar surface area (TPSA) is 40.7 Å². The highest BCUT2D eigenvalue weighted by Gasteiger charge is 2.58. The highest BCUT2D eigenvalue weighted by Crippen LogP contribution is 2.62. The molecule has 94 valence electrons. The Kier molecular flexibility index (Phi) is 2.37. The summed E-state index contributed by atoms with van der Waals surface area (Å²) in [5.41, 5.74) is 2.13. The molecule has 0 aliphatic heterocycles. The van der Waals surface area contributed by atoms with Gasteiger partial charge in [-0.2, -0.15) is 0 Å². The molecule has 2 bridgehead atoms. The molecule has 2 saturated carbocycles. The van der Waals surface area contributed by atoms with Crippen LogP contribution in [0.1, 0.15) is 45.7 Å². The molecular formula is C14H23N3. The van der Waals surface area contributed by atoms with Gasteiger partial charge in [0.25, 0.3) is 0 Å². The van der Waals surface area contributed by atoms with Gasteiger partial charge in [-0.3, -0.25) is 0 Å². The van der Waals surface area contributed by atoms with Gasteiger partial charge in [0.05, 0.1) is 6.33 Å². The second-order valence-corrected chi connectivity index (χ2v) is 6.81. The summed E-state index contributed by atoms with van der Waals surface area (Å²) < 4.78 is 0. The van der Waals surface area contributed by atoms with Crippen LogP contribution < -0.4 is 5.32 Å². The van der Waals surface area contributed by atoms with Crippen molar-refractivity contribution >= 4 is 0 Å². The third-order valence-electron chi connectivity index (χ3n) is 5.32. The average molecular weight is 233 g/mol. The maximum Gasteiger partial charge on any atom is 0.0922 e. The number of nitrogens with zero attached hydrogens (tertiary/aromatic N) is 1. The Balaban J connectivity index is 1.74. The Hall–Kier alpha value is -0.830. The van der Waals surface area contributed by atoms with Crippen LogP contribution in [0, 0.1) is 16.7 Å². The van der Waals surface area contributed by atoms with E-state index >= 15 is 0 Å². The summed E-state index contributed by atoms with van der Waals surface area (Å²) in [6.45, 7) is 8.25. The van der Waals surface area contributed by atoms with Crippen LogP contribution in [0.4, 0.5) is 0 Å². The second-order valence-electron chi connectivity index (χ2n) is 6.81. The van der Waals surface area contributed by atoms with E-state index in [1.165, 1.54) is 25.0 Å². The number of rotatable bonds is 3. The van der Waals surface area contributed by atoms with Crippen molar-refractivity contribution < 1.29 is 0 Å². The Labute approximate surface area is 103 Å². The Bertz CT molecular complexity index is 391. The van der Waals surface area contributed by atoms with E-state index in [4.69, 9.17) is 0 Å². The third-order valence-corrected chi connectivity index (χ3v) is 5.32. The van der Waals surface area contributed by atoms with E-state index in [0.29, 0.717) is 16.9 Å². The average Bonchev–Trinajstić information content (AvgIpc) is 2.90. The molecule has 1 aromatic heterocycles. The van der Waals surface area contributed by atoms with Crippen molar-refractivity contribution in [3.8, 4) is 0 Å². The van der Waals surface area contributed by atoms with Crippen molar-refractivity contribution in [1.82, 2.24) is 15.3 Å².